The molecule has 0 saturated carbocycles. The van der Waals surface area contributed by atoms with E-state index in [1.54, 1.807) is 17.6 Å². The Morgan fingerprint density at radius 2 is 1.64 bits per heavy atom. The third kappa shape index (κ3) is 4.58. The maximum Gasteiger partial charge on any atom is 0.274 e. The Morgan fingerprint density at radius 3 is 2.08 bits per heavy atom. The van der Waals surface area contributed by atoms with Crippen molar-refractivity contribution in [2.45, 2.75) is 53.2 Å². The standard InChI is InChI=1S/C19H29N3O3/c1-13-10-21(11-14(2)22(13)18(24)19(3,4)5)12-15-6-8-16(9-7-15)17(23)20-25/h6-9,13-14,25H,10-12H2,1-5H3,(H,20,23). The first-order valence-electron chi connectivity index (χ1n) is 8.72. The van der Waals surface area contributed by atoms with Crippen LogP contribution in [0.25, 0.3) is 0 Å². The molecule has 6 nitrogen and oxygen atoms in total. The molecular formula is C19H29N3O3. The van der Waals surface area contributed by atoms with E-state index in [9.17, 15) is 9.59 Å². The van der Waals surface area contributed by atoms with Gasteiger partial charge >= 0.3 is 0 Å². The highest BCUT2D eigenvalue weighted by Gasteiger charge is 2.37. The zero-order chi connectivity index (χ0) is 18.8. The fourth-order valence-corrected chi connectivity index (χ4v) is 3.43. The van der Waals surface area contributed by atoms with E-state index in [1.165, 1.54) is 0 Å². The van der Waals surface area contributed by atoms with Crippen molar-refractivity contribution in [3.8, 4) is 0 Å². The summed E-state index contributed by atoms with van der Waals surface area (Å²) in [5.41, 5.74) is 2.79. The van der Waals surface area contributed by atoms with Crippen LogP contribution in [0.5, 0.6) is 0 Å². The zero-order valence-corrected chi connectivity index (χ0v) is 15.7. The number of benzene rings is 1. The molecule has 6 heteroatoms. The molecule has 1 aromatic carbocycles. The predicted molar refractivity (Wildman–Crippen MR) is 96.2 cm³/mol. The smallest absolute Gasteiger partial charge is 0.274 e. The SMILES string of the molecule is CC1CN(Cc2ccc(C(=O)NO)cc2)CC(C)N1C(=O)C(C)(C)C. The lowest BCUT2D eigenvalue weighted by molar-refractivity contribution is -0.147. The number of hydrogen-bond acceptors (Lipinski definition) is 4. The van der Waals surface area contributed by atoms with Crippen LogP contribution in [0.3, 0.4) is 0 Å². The van der Waals surface area contributed by atoms with Crippen LogP contribution in [0.1, 0.15) is 50.5 Å². The van der Waals surface area contributed by atoms with Gasteiger partial charge in [0.05, 0.1) is 0 Å². The number of rotatable bonds is 3. The third-order valence-electron chi connectivity index (χ3n) is 4.59. The third-order valence-corrected chi connectivity index (χ3v) is 4.59. The van der Waals surface area contributed by atoms with Gasteiger partial charge in [0.15, 0.2) is 0 Å². The van der Waals surface area contributed by atoms with Crippen LogP contribution in [0.15, 0.2) is 24.3 Å². The van der Waals surface area contributed by atoms with E-state index < -0.39 is 5.91 Å². The summed E-state index contributed by atoms with van der Waals surface area (Å²) in [7, 11) is 0. The molecule has 0 aliphatic carbocycles. The van der Waals surface area contributed by atoms with Gasteiger partial charge in [0, 0.05) is 42.7 Å². The highest BCUT2D eigenvalue weighted by molar-refractivity contribution is 5.93. The van der Waals surface area contributed by atoms with E-state index in [0.29, 0.717) is 5.56 Å². The van der Waals surface area contributed by atoms with Crippen molar-refractivity contribution >= 4 is 11.8 Å². The average Bonchev–Trinajstić information content (AvgIpc) is 2.53. The molecule has 1 fully saturated rings. The van der Waals surface area contributed by atoms with E-state index in [2.05, 4.69) is 18.7 Å². The van der Waals surface area contributed by atoms with E-state index in [0.717, 1.165) is 25.2 Å². The quantitative estimate of drug-likeness (QED) is 0.650. The summed E-state index contributed by atoms with van der Waals surface area (Å²) in [4.78, 5) is 28.4. The lowest BCUT2D eigenvalue weighted by Gasteiger charge is -2.46. The van der Waals surface area contributed by atoms with Crippen LogP contribution in [0.4, 0.5) is 0 Å². The van der Waals surface area contributed by atoms with Crippen molar-refractivity contribution in [3.63, 3.8) is 0 Å². The second-order valence-corrected chi connectivity index (χ2v) is 7.99. The Labute approximate surface area is 149 Å². The number of hydrogen-bond donors (Lipinski definition) is 2. The van der Waals surface area contributed by atoms with Gasteiger partial charge in [-0.3, -0.25) is 19.7 Å². The number of carbonyl (C=O) groups is 2. The Hall–Kier alpha value is -1.92. The van der Waals surface area contributed by atoms with Gasteiger partial charge in [-0.15, -0.1) is 0 Å². The molecule has 0 aromatic heterocycles. The number of piperazine rings is 1. The maximum atomic E-state index is 12.7. The summed E-state index contributed by atoms with van der Waals surface area (Å²) in [6, 6.07) is 7.52. The van der Waals surface area contributed by atoms with Crippen LogP contribution in [-0.2, 0) is 11.3 Å². The minimum Gasteiger partial charge on any atom is -0.334 e. The summed E-state index contributed by atoms with van der Waals surface area (Å²) in [6.45, 7) is 12.5. The summed E-state index contributed by atoms with van der Waals surface area (Å²) in [5.74, 6) is -0.311. The molecule has 2 amide bonds. The normalized spacial score (nSPS) is 21.9. The van der Waals surface area contributed by atoms with Crippen LogP contribution in [-0.4, -0.2) is 52.0 Å². The first-order valence-corrected chi connectivity index (χ1v) is 8.72. The predicted octanol–water partition coefficient (Wildman–Crippen LogP) is 2.27. The molecule has 1 saturated heterocycles. The zero-order valence-electron chi connectivity index (χ0n) is 15.7. The van der Waals surface area contributed by atoms with Gasteiger partial charge < -0.3 is 4.90 Å². The fourth-order valence-electron chi connectivity index (χ4n) is 3.43. The molecule has 1 aliphatic heterocycles. The number of nitrogens with zero attached hydrogens (tertiary/aromatic N) is 2. The molecule has 2 unspecified atom stereocenters. The second-order valence-electron chi connectivity index (χ2n) is 7.99. The highest BCUT2D eigenvalue weighted by atomic mass is 16.5. The van der Waals surface area contributed by atoms with E-state index in [4.69, 9.17) is 5.21 Å². The number of carbonyl (C=O) groups excluding carboxylic acids is 2. The minimum atomic E-state index is -0.511. The molecular weight excluding hydrogens is 318 g/mol. The summed E-state index contributed by atoms with van der Waals surface area (Å²) in [6.07, 6.45) is 0. The van der Waals surface area contributed by atoms with Gasteiger partial charge in [0.25, 0.3) is 5.91 Å². The number of hydroxylamine groups is 1. The molecule has 0 bridgehead atoms. The molecule has 25 heavy (non-hydrogen) atoms. The van der Waals surface area contributed by atoms with Crippen molar-refractivity contribution in [2.75, 3.05) is 13.1 Å². The Kier molecular flexibility index (Phi) is 5.85. The van der Waals surface area contributed by atoms with Gasteiger partial charge in [0.1, 0.15) is 0 Å². The molecule has 1 aliphatic rings. The fraction of sp³-hybridized carbons (Fsp3) is 0.579. The van der Waals surface area contributed by atoms with Crippen molar-refractivity contribution in [1.29, 1.82) is 0 Å². The van der Waals surface area contributed by atoms with Gasteiger partial charge in [-0.05, 0) is 31.5 Å². The molecule has 1 aromatic rings. The summed E-state index contributed by atoms with van der Waals surface area (Å²) >= 11 is 0. The molecule has 2 rings (SSSR count). The van der Waals surface area contributed by atoms with Gasteiger partial charge in [0.2, 0.25) is 5.91 Å². The molecule has 138 valence electrons. The van der Waals surface area contributed by atoms with Crippen molar-refractivity contribution < 1.29 is 14.8 Å². The summed E-state index contributed by atoms with van der Waals surface area (Å²) in [5, 5.41) is 8.66. The van der Waals surface area contributed by atoms with E-state index in [-0.39, 0.29) is 23.4 Å². The first kappa shape index (κ1) is 19.4. The largest absolute Gasteiger partial charge is 0.334 e. The van der Waals surface area contributed by atoms with Gasteiger partial charge in [-0.1, -0.05) is 32.9 Å². The van der Waals surface area contributed by atoms with Crippen molar-refractivity contribution in [2.24, 2.45) is 5.41 Å². The lowest BCUT2D eigenvalue weighted by atomic mass is 9.92. The molecule has 0 spiro atoms. The van der Waals surface area contributed by atoms with Crippen LogP contribution < -0.4 is 5.48 Å². The van der Waals surface area contributed by atoms with Gasteiger partial charge in [-0.2, -0.15) is 0 Å². The molecule has 1 heterocycles. The molecule has 2 atom stereocenters. The minimum absolute atomic E-state index is 0.162. The van der Waals surface area contributed by atoms with Crippen LogP contribution in [0.2, 0.25) is 0 Å². The summed E-state index contributed by atoms with van der Waals surface area (Å²) < 4.78 is 0. The Bertz CT molecular complexity index is 610. The maximum absolute atomic E-state index is 12.7. The van der Waals surface area contributed by atoms with E-state index >= 15 is 0 Å². The average molecular weight is 347 g/mol. The topological polar surface area (TPSA) is 72.9 Å². The van der Waals surface area contributed by atoms with Gasteiger partial charge in [-0.25, -0.2) is 5.48 Å². The second kappa shape index (κ2) is 7.54. The Balaban J connectivity index is 2.02. The van der Waals surface area contributed by atoms with Crippen molar-refractivity contribution in [1.82, 2.24) is 15.3 Å². The number of nitrogens with one attached hydrogen (secondary N) is 1. The number of amides is 2. The van der Waals surface area contributed by atoms with Crippen LogP contribution in [0, 0.1) is 5.41 Å². The van der Waals surface area contributed by atoms with Crippen molar-refractivity contribution in [3.05, 3.63) is 35.4 Å². The Morgan fingerprint density at radius 1 is 1.12 bits per heavy atom. The highest BCUT2D eigenvalue weighted by Crippen LogP contribution is 2.25. The monoisotopic (exact) mass is 347 g/mol. The van der Waals surface area contributed by atoms with Crippen LogP contribution >= 0.6 is 0 Å². The van der Waals surface area contributed by atoms with E-state index in [1.807, 2.05) is 37.8 Å². The first-order chi connectivity index (χ1) is 11.6. The molecule has 2 N–H and O–H groups in total. The lowest BCUT2D eigenvalue weighted by Crippen LogP contribution is -2.60. The molecule has 0 radical (unpaired) electrons.